The molecule has 0 atom stereocenters. The van der Waals surface area contributed by atoms with Crippen molar-refractivity contribution >= 4 is 5.69 Å². The van der Waals surface area contributed by atoms with Crippen LogP contribution in [0.5, 0.6) is 0 Å². The van der Waals surface area contributed by atoms with E-state index in [1.807, 2.05) is 6.07 Å². The monoisotopic (exact) mass is 252 g/mol. The maximum atomic E-state index is 10.8. The molecule has 0 heterocycles. The molecule has 18 heavy (non-hydrogen) atoms. The van der Waals surface area contributed by atoms with E-state index < -0.39 is 0 Å². The number of nitro benzene ring substituents is 1. The van der Waals surface area contributed by atoms with E-state index in [0.29, 0.717) is 18.8 Å². The van der Waals surface area contributed by atoms with Crippen molar-refractivity contribution in [3.63, 3.8) is 0 Å². The lowest BCUT2D eigenvalue weighted by molar-refractivity contribution is -0.385. The summed E-state index contributed by atoms with van der Waals surface area (Å²) in [7, 11) is 0. The lowest BCUT2D eigenvalue weighted by atomic mass is 10.1. The molecular formula is C13H20N2O3. The quantitative estimate of drug-likeness (QED) is 0.438. The van der Waals surface area contributed by atoms with E-state index in [0.717, 1.165) is 25.1 Å². The summed E-state index contributed by atoms with van der Waals surface area (Å²) < 4.78 is 5.50. The van der Waals surface area contributed by atoms with Crippen LogP contribution >= 0.6 is 0 Å². The van der Waals surface area contributed by atoms with Crippen LogP contribution in [0, 0.1) is 17.0 Å². The molecule has 0 aliphatic rings. The first kappa shape index (κ1) is 14.6. The van der Waals surface area contributed by atoms with Crippen molar-refractivity contribution < 1.29 is 9.66 Å². The van der Waals surface area contributed by atoms with Gasteiger partial charge in [0.25, 0.3) is 5.69 Å². The Kier molecular flexibility index (Phi) is 6.32. The van der Waals surface area contributed by atoms with Crippen LogP contribution in [-0.4, -0.2) is 24.6 Å². The molecule has 5 nitrogen and oxygen atoms in total. The molecule has 5 heteroatoms. The summed E-state index contributed by atoms with van der Waals surface area (Å²) in [4.78, 5) is 10.4. The third-order valence-corrected chi connectivity index (χ3v) is 2.72. The predicted octanol–water partition coefficient (Wildman–Crippen LogP) is 2.42. The third kappa shape index (κ3) is 4.43. The number of nitro groups is 1. The van der Waals surface area contributed by atoms with Crippen molar-refractivity contribution in [3.05, 3.63) is 39.4 Å². The molecule has 0 unspecified atom stereocenters. The molecule has 0 saturated heterocycles. The van der Waals surface area contributed by atoms with Crippen molar-refractivity contribution in [3.8, 4) is 0 Å². The number of nitrogens with zero attached hydrogens (tertiary/aromatic N) is 1. The van der Waals surface area contributed by atoms with Crippen LogP contribution in [0.2, 0.25) is 0 Å². The Hall–Kier alpha value is -1.46. The van der Waals surface area contributed by atoms with Gasteiger partial charge >= 0.3 is 0 Å². The highest BCUT2D eigenvalue weighted by Gasteiger charge is 2.12. The van der Waals surface area contributed by atoms with Gasteiger partial charge in [-0.05, 0) is 25.5 Å². The molecule has 1 rings (SSSR count). The molecular weight excluding hydrogens is 232 g/mol. The summed E-state index contributed by atoms with van der Waals surface area (Å²) in [6, 6.07) is 5.07. The second-order valence-electron chi connectivity index (χ2n) is 4.12. The SMILES string of the molecule is CCCNCCOCc1cccc([N+](=O)[O-])c1C. The van der Waals surface area contributed by atoms with Crippen molar-refractivity contribution in [1.82, 2.24) is 5.32 Å². The maximum Gasteiger partial charge on any atom is 0.272 e. The Labute approximate surface area is 107 Å². The molecule has 0 bridgehead atoms. The Bertz CT molecular complexity index is 394. The van der Waals surface area contributed by atoms with Crippen LogP contribution in [0.3, 0.4) is 0 Å². The predicted molar refractivity (Wildman–Crippen MR) is 70.7 cm³/mol. The summed E-state index contributed by atoms with van der Waals surface area (Å²) in [5, 5.41) is 14.0. The largest absolute Gasteiger partial charge is 0.375 e. The topological polar surface area (TPSA) is 64.4 Å². The Morgan fingerprint density at radius 1 is 1.39 bits per heavy atom. The molecule has 0 aromatic heterocycles. The normalized spacial score (nSPS) is 10.6. The zero-order valence-corrected chi connectivity index (χ0v) is 10.9. The van der Waals surface area contributed by atoms with E-state index in [4.69, 9.17) is 4.74 Å². The number of nitrogens with one attached hydrogen (secondary N) is 1. The summed E-state index contributed by atoms with van der Waals surface area (Å²) >= 11 is 0. The van der Waals surface area contributed by atoms with E-state index in [-0.39, 0.29) is 10.6 Å². The van der Waals surface area contributed by atoms with Gasteiger partial charge in [0.05, 0.1) is 18.1 Å². The molecule has 0 spiro atoms. The number of ether oxygens (including phenoxy) is 1. The molecule has 0 aliphatic carbocycles. The van der Waals surface area contributed by atoms with Gasteiger partial charge in [-0.25, -0.2) is 0 Å². The fourth-order valence-electron chi connectivity index (χ4n) is 1.65. The van der Waals surface area contributed by atoms with E-state index >= 15 is 0 Å². The Morgan fingerprint density at radius 3 is 2.83 bits per heavy atom. The first-order valence-corrected chi connectivity index (χ1v) is 6.18. The number of rotatable bonds is 8. The molecule has 0 aliphatic heterocycles. The van der Waals surface area contributed by atoms with Gasteiger partial charge in [0.2, 0.25) is 0 Å². The van der Waals surface area contributed by atoms with Crippen LogP contribution < -0.4 is 5.32 Å². The summed E-state index contributed by atoms with van der Waals surface area (Å²) in [5.41, 5.74) is 1.71. The van der Waals surface area contributed by atoms with E-state index in [1.165, 1.54) is 6.07 Å². The van der Waals surface area contributed by atoms with E-state index in [9.17, 15) is 10.1 Å². The molecule has 1 aromatic rings. The minimum atomic E-state index is -0.359. The van der Waals surface area contributed by atoms with Crippen LogP contribution in [0.25, 0.3) is 0 Å². The third-order valence-electron chi connectivity index (χ3n) is 2.72. The molecule has 0 amide bonds. The number of hydrogen-bond acceptors (Lipinski definition) is 4. The highest BCUT2D eigenvalue weighted by Crippen LogP contribution is 2.21. The van der Waals surface area contributed by atoms with Crippen LogP contribution in [0.1, 0.15) is 24.5 Å². The number of benzene rings is 1. The van der Waals surface area contributed by atoms with Gasteiger partial charge in [0.1, 0.15) is 0 Å². The van der Waals surface area contributed by atoms with Gasteiger partial charge in [-0.1, -0.05) is 19.1 Å². The first-order chi connectivity index (χ1) is 8.66. The maximum absolute atomic E-state index is 10.8. The fourth-order valence-corrected chi connectivity index (χ4v) is 1.65. The standard InChI is InChI=1S/C13H20N2O3/c1-3-7-14-8-9-18-10-12-5-4-6-13(11(12)2)15(16)17/h4-6,14H,3,7-10H2,1-2H3. The van der Waals surface area contributed by atoms with Gasteiger partial charge in [-0.2, -0.15) is 0 Å². The van der Waals surface area contributed by atoms with E-state index in [1.54, 1.807) is 13.0 Å². The average molecular weight is 252 g/mol. The summed E-state index contributed by atoms with van der Waals surface area (Å²) in [6.45, 7) is 6.69. The minimum Gasteiger partial charge on any atom is -0.375 e. The van der Waals surface area contributed by atoms with Crippen LogP contribution in [-0.2, 0) is 11.3 Å². The van der Waals surface area contributed by atoms with Crippen LogP contribution in [0.15, 0.2) is 18.2 Å². The van der Waals surface area contributed by atoms with Crippen molar-refractivity contribution in [2.75, 3.05) is 19.7 Å². The molecule has 1 N–H and O–H groups in total. The second kappa shape index (κ2) is 7.79. The van der Waals surface area contributed by atoms with Gasteiger partial charge < -0.3 is 10.1 Å². The Morgan fingerprint density at radius 2 is 2.17 bits per heavy atom. The molecule has 1 aromatic carbocycles. The van der Waals surface area contributed by atoms with Crippen molar-refractivity contribution in [2.24, 2.45) is 0 Å². The van der Waals surface area contributed by atoms with Crippen LogP contribution in [0.4, 0.5) is 5.69 Å². The highest BCUT2D eigenvalue weighted by atomic mass is 16.6. The zero-order valence-electron chi connectivity index (χ0n) is 10.9. The van der Waals surface area contributed by atoms with Gasteiger partial charge in [-0.3, -0.25) is 10.1 Å². The average Bonchev–Trinajstić information content (AvgIpc) is 2.35. The van der Waals surface area contributed by atoms with E-state index in [2.05, 4.69) is 12.2 Å². The van der Waals surface area contributed by atoms with Crippen molar-refractivity contribution in [1.29, 1.82) is 0 Å². The zero-order chi connectivity index (χ0) is 13.4. The van der Waals surface area contributed by atoms with Crippen molar-refractivity contribution in [2.45, 2.75) is 26.9 Å². The van der Waals surface area contributed by atoms with Gasteiger partial charge in [0.15, 0.2) is 0 Å². The number of hydrogen-bond donors (Lipinski definition) is 1. The Balaban J connectivity index is 2.43. The summed E-state index contributed by atoms with van der Waals surface area (Å²) in [6.07, 6.45) is 1.10. The first-order valence-electron chi connectivity index (χ1n) is 6.18. The van der Waals surface area contributed by atoms with Gasteiger partial charge in [0, 0.05) is 18.2 Å². The molecule has 100 valence electrons. The molecule has 0 fully saturated rings. The lowest BCUT2D eigenvalue weighted by Gasteiger charge is -2.08. The lowest BCUT2D eigenvalue weighted by Crippen LogP contribution is -2.20. The molecule has 0 saturated carbocycles. The molecule has 0 radical (unpaired) electrons. The highest BCUT2D eigenvalue weighted by molar-refractivity contribution is 5.44. The smallest absolute Gasteiger partial charge is 0.272 e. The minimum absolute atomic E-state index is 0.153. The summed E-state index contributed by atoms with van der Waals surface area (Å²) in [5.74, 6) is 0. The fraction of sp³-hybridized carbons (Fsp3) is 0.538. The second-order valence-corrected chi connectivity index (χ2v) is 4.12. The van der Waals surface area contributed by atoms with Gasteiger partial charge in [-0.15, -0.1) is 0 Å².